The Morgan fingerprint density at radius 3 is 2.66 bits per heavy atom. The van der Waals surface area contributed by atoms with Crippen molar-refractivity contribution >= 4 is 27.3 Å². The number of sulfonamides is 1. The number of aryl methyl sites for hydroxylation is 1. The molecule has 6 rings (SSSR count). The first-order valence-electron chi connectivity index (χ1n) is 11.4. The van der Waals surface area contributed by atoms with Crippen LogP contribution in [0.2, 0.25) is 5.15 Å². The molecule has 2 aromatic carbocycles. The number of hydrogen-bond donors (Lipinski definition) is 0. The molecule has 4 aromatic rings. The minimum Gasteiger partial charge on any atom is -0.439 e. The van der Waals surface area contributed by atoms with Crippen LogP contribution >= 0.6 is 11.6 Å². The van der Waals surface area contributed by atoms with E-state index in [9.17, 15) is 8.42 Å². The summed E-state index contributed by atoms with van der Waals surface area (Å²) in [5.41, 5.74) is 2.15. The summed E-state index contributed by atoms with van der Waals surface area (Å²) < 4.78 is 39.6. The number of halogens is 1. The van der Waals surface area contributed by atoms with Crippen molar-refractivity contribution in [1.29, 1.82) is 0 Å². The van der Waals surface area contributed by atoms with Gasteiger partial charge in [0, 0.05) is 30.2 Å². The molecule has 0 radical (unpaired) electrons. The molecule has 178 valence electrons. The number of ether oxygens (including phenoxy) is 1. The van der Waals surface area contributed by atoms with Gasteiger partial charge < -0.3 is 9.26 Å². The van der Waals surface area contributed by atoms with E-state index < -0.39 is 10.0 Å². The van der Waals surface area contributed by atoms with Crippen molar-refractivity contribution < 1.29 is 17.7 Å². The maximum Gasteiger partial charge on any atom is 0.264 e. The topological polar surface area (TPSA) is 98.4 Å². The summed E-state index contributed by atoms with van der Waals surface area (Å²) in [7, 11) is -3.70. The van der Waals surface area contributed by atoms with Gasteiger partial charge in [0.25, 0.3) is 15.9 Å². The average Bonchev–Trinajstić information content (AvgIpc) is 3.60. The Kier molecular flexibility index (Phi) is 5.46. The Labute approximate surface area is 207 Å². The van der Waals surface area contributed by atoms with E-state index in [1.165, 1.54) is 4.31 Å². The largest absolute Gasteiger partial charge is 0.439 e. The third-order valence-electron chi connectivity index (χ3n) is 6.09. The van der Waals surface area contributed by atoms with Gasteiger partial charge in [-0.15, -0.1) is 0 Å². The highest BCUT2D eigenvalue weighted by molar-refractivity contribution is 7.92. The molecule has 0 N–H and O–H groups in total. The molecule has 0 bridgehead atoms. The fourth-order valence-corrected chi connectivity index (χ4v) is 5.94. The summed E-state index contributed by atoms with van der Waals surface area (Å²) in [5, 5.41) is 4.27. The lowest BCUT2D eigenvalue weighted by Crippen LogP contribution is -2.35. The molecular weight excluding hydrogens is 488 g/mol. The predicted octanol–water partition coefficient (Wildman–Crippen LogP) is 5.60. The summed E-state index contributed by atoms with van der Waals surface area (Å²) in [4.78, 5) is 8.97. The maximum atomic E-state index is 13.4. The van der Waals surface area contributed by atoms with Crippen molar-refractivity contribution in [3.63, 3.8) is 0 Å². The van der Waals surface area contributed by atoms with Gasteiger partial charge in [0.05, 0.1) is 10.6 Å². The van der Waals surface area contributed by atoms with Crippen LogP contribution in [0, 0.1) is 0 Å². The summed E-state index contributed by atoms with van der Waals surface area (Å²) in [6.45, 7) is 0.397. The van der Waals surface area contributed by atoms with Crippen molar-refractivity contribution in [2.24, 2.45) is 0 Å². The Hall–Kier alpha value is -3.43. The molecular formula is C25H21ClN4O4S. The van der Waals surface area contributed by atoms with Crippen LogP contribution in [0.25, 0.3) is 11.5 Å². The summed E-state index contributed by atoms with van der Waals surface area (Å²) in [6.07, 6.45) is 3.67. The molecule has 10 heteroatoms. The molecule has 2 aliphatic rings. The first-order valence-corrected chi connectivity index (χ1v) is 13.2. The minimum atomic E-state index is -3.70. The highest BCUT2D eigenvalue weighted by atomic mass is 35.5. The Morgan fingerprint density at radius 2 is 1.86 bits per heavy atom. The van der Waals surface area contributed by atoms with Gasteiger partial charge >= 0.3 is 0 Å². The molecule has 1 fully saturated rings. The third-order valence-corrected chi connectivity index (χ3v) is 8.11. The zero-order chi connectivity index (χ0) is 24.0. The Balaban J connectivity index is 1.31. The van der Waals surface area contributed by atoms with Crippen molar-refractivity contribution in [2.45, 2.75) is 36.5 Å². The van der Waals surface area contributed by atoms with E-state index in [1.54, 1.807) is 54.6 Å². The van der Waals surface area contributed by atoms with Crippen molar-refractivity contribution in [2.75, 3.05) is 10.8 Å². The molecule has 0 spiro atoms. The second kappa shape index (κ2) is 8.66. The van der Waals surface area contributed by atoms with Gasteiger partial charge in [-0.05, 0) is 55.5 Å². The molecule has 2 aromatic heterocycles. The van der Waals surface area contributed by atoms with Crippen LogP contribution < -0.4 is 9.04 Å². The van der Waals surface area contributed by atoms with Gasteiger partial charge in [-0.25, -0.2) is 13.4 Å². The second-order valence-corrected chi connectivity index (χ2v) is 10.9. The standard InChI is InChI=1S/C25H21ClN4O4S/c26-22-13-18(25-28-24(29-34-25)17-8-9-17)14-23(27-22)33-19-11-10-16-5-4-12-30(21(16)15-19)35(31,32)20-6-2-1-3-7-20/h1-3,6-7,10-11,13-15,17H,4-5,8-9,12H2. The molecule has 0 unspecified atom stereocenters. The molecule has 3 heterocycles. The SMILES string of the molecule is O=S(=O)(c1ccccc1)N1CCCc2ccc(Oc3cc(-c4nc(C5CC5)no4)cc(Cl)n3)cc21. The van der Waals surface area contributed by atoms with Crippen LogP contribution in [0.5, 0.6) is 11.6 Å². The van der Waals surface area contributed by atoms with E-state index in [0.717, 1.165) is 31.2 Å². The fourth-order valence-electron chi connectivity index (χ4n) is 4.18. The number of nitrogens with zero attached hydrogens (tertiary/aromatic N) is 4. The maximum absolute atomic E-state index is 13.4. The molecule has 0 atom stereocenters. The number of hydrogen-bond acceptors (Lipinski definition) is 7. The zero-order valence-electron chi connectivity index (χ0n) is 18.6. The lowest BCUT2D eigenvalue weighted by Gasteiger charge is -2.30. The number of pyridine rings is 1. The highest BCUT2D eigenvalue weighted by Crippen LogP contribution is 2.40. The van der Waals surface area contributed by atoms with E-state index in [2.05, 4.69) is 15.1 Å². The minimum absolute atomic E-state index is 0.218. The van der Waals surface area contributed by atoms with E-state index in [4.69, 9.17) is 20.9 Å². The number of aromatic nitrogens is 3. The van der Waals surface area contributed by atoms with E-state index in [0.29, 0.717) is 41.2 Å². The Bertz CT molecular complexity index is 1500. The molecule has 35 heavy (non-hydrogen) atoms. The van der Waals surface area contributed by atoms with E-state index >= 15 is 0 Å². The second-order valence-electron chi connectivity index (χ2n) is 8.64. The lowest BCUT2D eigenvalue weighted by atomic mass is 10.0. The van der Waals surface area contributed by atoms with E-state index in [-0.39, 0.29) is 15.9 Å². The lowest BCUT2D eigenvalue weighted by molar-refractivity contribution is 0.421. The average molecular weight is 509 g/mol. The molecule has 1 aliphatic carbocycles. The zero-order valence-corrected chi connectivity index (χ0v) is 20.2. The van der Waals surface area contributed by atoms with Crippen molar-refractivity contribution in [1.82, 2.24) is 15.1 Å². The molecule has 1 saturated carbocycles. The van der Waals surface area contributed by atoms with Gasteiger partial charge in [0.1, 0.15) is 10.9 Å². The fraction of sp³-hybridized carbons (Fsp3) is 0.240. The van der Waals surface area contributed by atoms with Crippen LogP contribution in [0.1, 0.15) is 36.6 Å². The number of fused-ring (bicyclic) bond motifs is 1. The van der Waals surface area contributed by atoms with Crippen molar-refractivity contribution in [3.05, 3.63) is 77.2 Å². The molecule has 1 aliphatic heterocycles. The van der Waals surface area contributed by atoms with Gasteiger partial charge in [-0.1, -0.05) is 41.0 Å². The number of benzene rings is 2. The third kappa shape index (κ3) is 4.37. The highest BCUT2D eigenvalue weighted by Gasteiger charge is 2.30. The van der Waals surface area contributed by atoms with Gasteiger partial charge in [0.15, 0.2) is 5.82 Å². The van der Waals surface area contributed by atoms with Gasteiger partial charge in [-0.2, -0.15) is 4.98 Å². The summed E-state index contributed by atoms with van der Waals surface area (Å²) in [5.74, 6) is 2.11. The van der Waals surface area contributed by atoms with Crippen LogP contribution in [0.15, 0.2) is 70.1 Å². The predicted molar refractivity (Wildman–Crippen MR) is 130 cm³/mol. The summed E-state index contributed by atoms with van der Waals surface area (Å²) in [6, 6.07) is 17.2. The Morgan fingerprint density at radius 1 is 1.03 bits per heavy atom. The number of anilines is 1. The number of rotatable bonds is 6. The van der Waals surface area contributed by atoms with E-state index in [1.807, 2.05) is 6.07 Å². The quantitative estimate of drug-likeness (QED) is 0.313. The smallest absolute Gasteiger partial charge is 0.264 e. The van der Waals surface area contributed by atoms with Crippen LogP contribution in [-0.4, -0.2) is 30.1 Å². The first kappa shape index (κ1) is 22.1. The molecule has 0 saturated heterocycles. The normalized spacial score (nSPS) is 15.6. The summed E-state index contributed by atoms with van der Waals surface area (Å²) >= 11 is 6.25. The molecule has 8 nitrogen and oxygen atoms in total. The van der Waals surface area contributed by atoms with Crippen LogP contribution in [0.3, 0.4) is 0 Å². The van der Waals surface area contributed by atoms with Crippen LogP contribution in [0.4, 0.5) is 5.69 Å². The first-order chi connectivity index (χ1) is 17.0. The van der Waals surface area contributed by atoms with Crippen molar-refractivity contribution in [3.8, 4) is 23.1 Å². The van der Waals surface area contributed by atoms with Crippen LogP contribution in [-0.2, 0) is 16.4 Å². The monoisotopic (exact) mass is 508 g/mol. The van der Waals surface area contributed by atoms with Gasteiger partial charge in [0.2, 0.25) is 5.88 Å². The van der Waals surface area contributed by atoms with Gasteiger partial charge in [-0.3, -0.25) is 4.31 Å². The molecule has 0 amide bonds.